The van der Waals surface area contributed by atoms with Crippen LogP contribution in [0.25, 0.3) is 11.0 Å². The quantitative estimate of drug-likeness (QED) is 0.634. The molecular formula is C16H12O2. The summed E-state index contributed by atoms with van der Waals surface area (Å²) in [4.78, 5) is 0. The Bertz CT molecular complexity index is 657. The summed E-state index contributed by atoms with van der Waals surface area (Å²) in [5.41, 5.74) is 3.39. The lowest BCUT2D eigenvalue weighted by Gasteiger charge is -2.10. The molecule has 1 atom stereocenters. The van der Waals surface area contributed by atoms with Gasteiger partial charge in [-0.2, -0.15) is 0 Å². The van der Waals surface area contributed by atoms with Crippen LogP contribution in [-0.2, 0) is 6.42 Å². The van der Waals surface area contributed by atoms with E-state index in [-0.39, 0.29) is 6.10 Å². The molecule has 1 aliphatic rings. The minimum atomic E-state index is 0.132. The van der Waals surface area contributed by atoms with Gasteiger partial charge in [0, 0.05) is 17.4 Å². The summed E-state index contributed by atoms with van der Waals surface area (Å²) in [6.45, 7) is 0. The molecule has 1 aliphatic heterocycles. The van der Waals surface area contributed by atoms with Gasteiger partial charge in [0.25, 0.3) is 0 Å². The number of hydrogen-bond donors (Lipinski definition) is 0. The molecule has 0 N–H and O–H groups in total. The predicted octanol–water partition coefficient (Wildman–Crippen LogP) is 4.11. The summed E-state index contributed by atoms with van der Waals surface area (Å²) in [6.07, 6.45) is 2.76. The first-order chi connectivity index (χ1) is 8.90. The molecule has 0 fully saturated rings. The van der Waals surface area contributed by atoms with E-state index in [0.717, 1.165) is 23.1 Å². The van der Waals surface area contributed by atoms with Gasteiger partial charge in [0.05, 0.1) is 6.26 Å². The zero-order chi connectivity index (χ0) is 11.9. The fraction of sp³-hybridized carbons (Fsp3) is 0.125. The molecule has 2 heteroatoms. The summed E-state index contributed by atoms with van der Waals surface area (Å²) in [5.74, 6) is 0.984. The largest absolute Gasteiger partial charge is 0.485 e. The molecule has 4 rings (SSSR count). The van der Waals surface area contributed by atoms with E-state index in [2.05, 4.69) is 24.3 Å². The van der Waals surface area contributed by atoms with Gasteiger partial charge in [0.2, 0.25) is 0 Å². The first-order valence-corrected chi connectivity index (χ1v) is 6.12. The molecule has 18 heavy (non-hydrogen) atoms. The van der Waals surface area contributed by atoms with Crippen molar-refractivity contribution in [3.05, 3.63) is 65.9 Å². The predicted molar refractivity (Wildman–Crippen MR) is 69.7 cm³/mol. The molecule has 0 saturated carbocycles. The zero-order valence-electron chi connectivity index (χ0n) is 9.80. The van der Waals surface area contributed by atoms with Gasteiger partial charge >= 0.3 is 0 Å². The van der Waals surface area contributed by atoms with E-state index in [1.54, 1.807) is 6.26 Å². The Balaban J connectivity index is 1.75. The van der Waals surface area contributed by atoms with E-state index in [1.807, 2.05) is 24.3 Å². The average molecular weight is 236 g/mol. The van der Waals surface area contributed by atoms with Crippen molar-refractivity contribution in [1.29, 1.82) is 0 Å². The number of ether oxygens (including phenoxy) is 1. The highest BCUT2D eigenvalue weighted by Crippen LogP contribution is 2.39. The van der Waals surface area contributed by atoms with Crippen LogP contribution in [0.2, 0.25) is 0 Å². The van der Waals surface area contributed by atoms with Crippen LogP contribution in [0, 0.1) is 0 Å². The fourth-order valence-corrected chi connectivity index (χ4v) is 2.55. The van der Waals surface area contributed by atoms with Gasteiger partial charge in [-0.1, -0.05) is 30.3 Å². The van der Waals surface area contributed by atoms with Crippen LogP contribution in [0.1, 0.15) is 17.2 Å². The summed E-state index contributed by atoms with van der Waals surface area (Å²) in [7, 11) is 0. The molecule has 1 unspecified atom stereocenters. The molecule has 1 aromatic heterocycles. The molecule has 88 valence electrons. The van der Waals surface area contributed by atoms with E-state index < -0.39 is 0 Å². The van der Waals surface area contributed by atoms with Crippen LogP contribution in [0.3, 0.4) is 0 Å². The second-order valence-corrected chi connectivity index (χ2v) is 4.64. The highest BCUT2D eigenvalue weighted by atomic mass is 16.5. The van der Waals surface area contributed by atoms with Crippen molar-refractivity contribution in [2.75, 3.05) is 0 Å². The zero-order valence-corrected chi connectivity index (χ0v) is 9.80. The molecule has 0 bridgehead atoms. The van der Waals surface area contributed by atoms with E-state index in [9.17, 15) is 0 Å². The summed E-state index contributed by atoms with van der Waals surface area (Å²) >= 11 is 0. The second kappa shape index (κ2) is 3.64. The molecule has 2 aromatic carbocycles. The molecule has 0 spiro atoms. The number of fused-ring (bicyclic) bond motifs is 2. The Morgan fingerprint density at radius 1 is 1.00 bits per heavy atom. The number of hydrogen-bond acceptors (Lipinski definition) is 2. The third-order valence-corrected chi connectivity index (χ3v) is 3.48. The number of benzene rings is 2. The Hall–Kier alpha value is -2.22. The normalized spacial score (nSPS) is 17.7. The molecule has 0 radical (unpaired) electrons. The van der Waals surface area contributed by atoms with Gasteiger partial charge in [-0.15, -0.1) is 0 Å². The first kappa shape index (κ1) is 9.77. The topological polar surface area (TPSA) is 22.4 Å². The minimum Gasteiger partial charge on any atom is -0.485 e. The van der Waals surface area contributed by atoms with Crippen molar-refractivity contribution in [3.63, 3.8) is 0 Å². The molecule has 0 amide bonds. The van der Waals surface area contributed by atoms with Gasteiger partial charge in [0.15, 0.2) is 0 Å². The van der Waals surface area contributed by atoms with Crippen LogP contribution in [-0.4, -0.2) is 0 Å². The van der Waals surface area contributed by atoms with E-state index in [4.69, 9.17) is 9.15 Å². The van der Waals surface area contributed by atoms with Crippen LogP contribution in [0.15, 0.2) is 59.2 Å². The molecule has 2 nitrogen and oxygen atoms in total. The first-order valence-electron chi connectivity index (χ1n) is 6.12. The Morgan fingerprint density at radius 2 is 1.89 bits per heavy atom. The van der Waals surface area contributed by atoms with E-state index in [0.29, 0.717) is 0 Å². The van der Waals surface area contributed by atoms with Gasteiger partial charge < -0.3 is 9.15 Å². The minimum absolute atomic E-state index is 0.132. The Morgan fingerprint density at radius 3 is 2.78 bits per heavy atom. The van der Waals surface area contributed by atoms with Crippen molar-refractivity contribution in [2.45, 2.75) is 12.5 Å². The third kappa shape index (κ3) is 1.42. The number of rotatable bonds is 1. The van der Waals surface area contributed by atoms with Crippen molar-refractivity contribution in [3.8, 4) is 5.75 Å². The van der Waals surface area contributed by atoms with E-state index >= 15 is 0 Å². The molecular weight excluding hydrogens is 224 g/mol. The highest BCUT2D eigenvalue weighted by Gasteiger charge is 2.25. The maximum absolute atomic E-state index is 6.03. The van der Waals surface area contributed by atoms with Crippen LogP contribution in [0.4, 0.5) is 0 Å². The van der Waals surface area contributed by atoms with Crippen molar-refractivity contribution in [2.24, 2.45) is 0 Å². The molecule has 2 heterocycles. The fourth-order valence-electron chi connectivity index (χ4n) is 2.55. The Kier molecular flexibility index (Phi) is 1.97. The molecule has 0 aliphatic carbocycles. The van der Waals surface area contributed by atoms with Crippen LogP contribution in [0.5, 0.6) is 5.75 Å². The van der Waals surface area contributed by atoms with Crippen LogP contribution < -0.4 is 4.74 Å². The van der Waals surface area contributed by atoms with Crippen molar-refractivity contribution >= 4 is 11.0 Å². The maximum atomic E-state index is 6.03. The van der Waals surface area contributed by atoms with Crippen molar-refractivity contribution < 1.29 is 9.15 Å². The summed E-state index contributed by atoms with van der Waals surface area (Å²) < 4.78 is 11.5. The SMILES string of the molecule is c1ccc(C2Cc3cc4occc4cc3O2)cc1. The smallest absolute Gasteiger partial charge is 0.134 e. The molecule has 3 aromatic rings. The van der Waals surface area contributed by atoms with Crippen LogP contribution >= 0.6 is 0 Å². The van der Waals surface area contributed by atoms with Gasteiger partial charge in [0.1, 0.15) is 17.4 Å². The highest BCUT2D eigenvalue weighted by molar-refractivity contribution is 5.80. The summed E-state index contributed by atoms with van der Waals surface area (Å²) in [6, 6.07) is 16.5. The summed E-state index contributed by atoms with van der Waals surface area (Å²) in [5, 5.41) is 1.10. The average Bonchev–Trinajstić information content (AvgIpc) is 3.01. The lowest BCUT2D eigenvalue weighted by molar-refractivity contribution is 0.239. The number of furan rings is 1. The third-order valence-electron chi connectivity index (χ3n) is 3.48. The maximum Gasteiger partial charge on any atom is 0.134 e. The standard InChI is InChI=1S/C16H12O2/c1-2-4-11(5-3-1)15-10-13-9-14-12(6-7-17-14)8-16(13)18-15/h1-9,15H,10H2. The Labute approximate surface area is 105 Å². The lowest BCUT2D eigenvalue weighted by Crippen LogP contribution is -2.02. The monoisotopic (exact) mass is 236 g/mol. The second-order valence-electron chi connectivity index (χ2n) is 4.64. The molecule has 0 saturated heterocycles. The van der Waals surface area contributed by atoms with Crippen molar-refractivity contribution in [1.82, 2.24) is 0 Å². The van der Waals surface area contributed by atoms with Gasteiger partial charge in [-0.25, -0.2) is 0 Å². The van der Waals surface area contributed by atoms with Gasteiger partial charge in [-0.05, 0) is 23.8 Å². The van der Waals surface area contributed by atoms with E-state index in [1.165, 1.54) is 11.1 Å². The lowest BCUT2D eigenvalue weighted by atomic mass is 10.0. The van der Waals surface area contributed by atoms with Gasteiger partial charge in [-0.3, -0.25) is 0 Å².